The molecule has 1 fully saturated rings. The summed E-state index contributed by atoms with van der Waals surface area (Å²) in [5, 5.41) is 9.42. The summed E-state index contributed by atoms with van der Waals surface area (Å²) in [5.41, 5.74) is 0.440. The summed E-state index contributed by atoms with van der Waals surface area (Å²) in [4.78, 5) is 13.0. The minimum Gasteiger partial charge on any atom is -0.465 e. The third-order valence-electron chi connectivity index (χ3n) is 3.16. The van der Waals surface area contributed by atoms with Crippen molar-refractivity contribution < 1.29 is 14.6 Å². The lowest BCUT2D eigenvalue weighted by Gasteiger charge is -2.45. The van der Waals surface area contributed by atoms with Crippen LogP contribution in [0.3, 0.4) is 0 Å². The van der Waals surface area contributed by atoms with Gasteiger partial charge in [-0.15, -0.1) is 0 Å². The first-order chi connectivity index (χ1) is 8.42. The van der Waals surface area contributed by atoms with E-state index < -0.39 is 11.6 Å². The Balaban J connectivity index is 2.35. The molecule has 1 heterocycles. The zero-order valence-electron chi connectivity index (χ0n) is 10.4. The summed E-state index contributed by atoms with van der Waals surface area (Å²) in [5.74, 6) is 0. The normalized spacial score (nSPS) is 22.8. The molecule has 1 aliphatic rings. The first kappa shape index (κ1) is 13.4. The van der Waals surface area contributed by atoms with Gasteiger partial charge in [-0.05, 0) is 31.5 Å². The van der Waals surface area contributed by atoms with Gasteiger partial charge in [-0.25, -0.2) is 4.79 Å². The second-order valence-electron chi connectivity index (χ2n) is 5.05. The smallest absolute Gasteiger partial charge is 0.408 e. The van der Waals surface area contributed by atoms with E-state index in [-0.39, 0.29) is 6.04 Å². The number of morpholine rings is 1. The first-order valence-electron chi connectivity index (χ1n) is 5.77. The van der Waals surface area contributed by atoms with Crippen LogP contribution in [-0.2, 0) is 4.74 Å². The van der Waals surface area contributed by atoms with Gasteiger partial charge in [0.15, 0.2) is 0 Å². The molecule has 1 aromatic carbocycles. The SMILES string of the molecule is CC1(C)COCC(c2ccc(Br)cc2)N1C(=O)O. The number of halogens is 1. The lowest BCUT2D eigenvalue weighted by Crippen LogP contribution is -2.56. The van der Waals surface area contributed by atoms with Gasteiger partial charge in [0, 0.05) is 4.47 Å². The van der Waals surface area contributed by atoms with E-state index in [9.17, 15) is 9.90 Å². The number of rotatable bonds is 1. The number of ether oxygens (including phenoxy) is 1. The van der Waals surface area contributed by atoms with Crippen LogP contribution in [0.2, 0.25) is 0 Å². The van der Waals surface area contributed by atoms with Crippen LogP contribution in [0.5, 0.6) is 0 Å². The number of carboxylic acid groups (broad SMARTS) is 1. The maximum Gasteiger partial charge on any atom is 0.408 e. The molecule has 1 aliphatic heterocycles. The fraction of sp³-hybridized carbons (Fsp3) is 0.462. The van der Waals surface area contributed by atoms with E-state index in [1.807, 2.05) is 38.1 Å². The van der Waals surface area contributed by atoms with Crippen LogP contribution in [0.4, 0.5) is 4.79 Å². The molecule has 4 nitrogen and oxygen atoms in total. The van der Waals surface area contributed by atoms with Gasteiger partial charge in [-0.3, -0.25) is 4.90 Å². The van der Waals surface area contributed by atoms with Crippen LogP contribution in [-0.4, -0.2) is 34.9 Å². The lowest BCUT2D eigenvalue weighted by atomic mass is 9.96. The Labute approximate surface area is 115 Å². The van der Waals surface area contributed by atoms with Crippen LogP contribution in [0.25, 0.3) is 0 Å². The minimum atomic E-state index is -0.906. The molecule has 18 heavy (non-hydrogen) atoms. The van der Waals surface area contributed by atoms with Crippen molar-refractivity contribution in [2.75, 3.05) is 13.2 Å². The van der Waals surface area contributed by atoms with Gasteiger partial charge in [-0.2, -0.15) is 0 Å². The largest absolute Gasteiger partial charge is 0.465 e. The fourth-order valence-electron chi connectivity index (χ4n) is 2.31. The van der Waals surface area contributed by atoms with E-state index in [2.05, 4.69) is 15.9 Å². The van der Waals surface area contributed by atoms with Crippen molar-refractivity contribution in [2.24, 2.45) is 0 Å². The van der Waals surface area contributed by atoms with Crippen molar-refractivity contribution in [3.63, 3.8) is 0 Å². The zero-order valence-corrected chi connectivity index (χ0v) is 12.0. The molecule has 0 spiro atoms. The zero-order chi connectivity index (χ0) is 13.3. The Morgan fingerprint density at radius 1 is 1.44 bits per heavy atom. The highest BCUT2D eigenvalue weighted by Crippen LogP contribution is 2.33. The molecule has 1 unspecified atom stereocenters. The molecule has 0 saturated carbocycles. The van der Waals surface area contributed by atoms with Crippen molar-refractivity contribution in [3.8, 4) is 0 Å². The Kier molecular flexibility index (Phi) is 3.64. The van der Waals surface area contributed by atoms with Gasteiger partial charge in [-0.1, -0.05) is 28.1 Å². The third kappa shape index (κ3) is 2.52. The Morgan fingerprint density at radius 3 is 2.61 bits per heavy atom. The molecule has 98 valence electrons. The highest BCUT2D eigenvalue weighted by Gasteiger charge is 2.41. The maximum absolute atomic E-state index is 11.5. The standard InChI is InChI=1S/C13H16BrNO3/c1-13(2)8-18-7-11(15(13)12(16)17)9-3-5-10(14)6-4-9/h3-6,11H,7-8H2,1-2H3,(H,16,17). The molecule has 0 aliphatic carbocycles. The highest BCUT2D eigenvalue weighted by atomic mass is 79.9. The summed E-state index contributed by atoms with van der Waals surface area (Å²) >= 11 is 3.37. The molecule has 2 rings (SSSR count). The van der Waals surface area contributed by atoms with E-state index >= 15 is 0 Å². The second-order valence-corrected chi connectivity index (χ2v) is 5.96. The van der Waals surface area contributed by atoms with E-state index in [1.54, 1.807) is 0 Å². The molecule has 1 saturated heterocycles. The van der Waals surface area contributed by atoms with Crippen molar-refractivity contribution >= 4 is 22.0 Å². The molecule has 0 bridgehead atoms. The van der Waals surface area contributed by atoms with E-state index in [4.69, 9.17) is 4.74 Å². The van der Waals surface area contributed by atoms with Crippen molar-refractivity contribution in [2.45, 2.75) is 25.4 Å². The highest BCUT2D eigenvalue weighted by molar-refractivity contribution is 9.10. The van der Waals surface area contributed by atoms with E-state index in [0.29, 0.717) is 13.2 Å². The number of carbonyl (C=O) groups is 1. The van der Waals surface area contributed by atoms with E-state index in [1.165, 1.54) is 4.90 Å². The van der Waals surface area contributed by atoms with Crippen LogP contribution < -0.4 is 0 Å². The monoisotopic (exact) mass is 313 g/mol. The number of benzene rings is 1. The number of nitrogens with zero attached hydrogens (tertiary/aromatic N) is 1. The maximum atomic E-state index is 11.5. The van der Waals surface area contributed by atoms with Gasteiger partial charge in [0.05, 0.1) is 24.8 Å². The van der Waals surface area contributed by atoms with Crippen molar-refractivity contribution in [1.29, 1.82) is 0 Å². The van der Waals surface area contributed by atoms with Gasteiger partial charge in [0.2, 0.25) is 0 Å². The molecule has 0 radical (unpaired) electrons. The lowest BCUT2D eigenvalue weighted by molar-refractivity contribution is -0.0757. The Hall–Kier alpha value is -1.07. The van der Waals surface area contributed by atoms with Crippen LogP contribution >= 0.6 is 15.9 Å². The molecule has 1 aromatic rings. The molecular formula is C13H16BrNO3. The number of hydrogen-bond donors (Lipinski definition) is 1. The topological polar surface area (TPSA) is 49.8 Å². The van der Waals surface area contributed by atoms with Crippen LogP contribution in [0.15, 0.2) is 28.7 Å². The summed E-state index contributed by atoms with van der Waals surface area (Å²) < 4.78 is 6.52. The van der Waals surface area contributed by atoms with Crippen molar-refractivity contribution in [1.82, 2.24) is 4.90 Å². The molecule has 1 amide bonds. The third-order valence-corrected chi connectivity index (χ3v) is 3.68. The van der Waals surface area contributed by atoms with Crippen LogP contribution in [0.1, 0.15) is 25.5 Å². The first-order valence-corrected chi connectivity index (χ1v) is 6.56. The van der Waals surface area contributed by atoms with Crippen LogP contribution in [0, 0.1) is 0 Å². The summed E-state index contributed by atoms with van der Waals surface area (Å²) in [6.45, 7) is 4.59. The predicted octanol–water partition coefficient (Wildman–Crippen LogP) is 3.28. The average Bonchev–Trinajstić information content (AvgIpc) is 2.27. The Morgan fingerprint density at radius 2 is 2.06 bits per heavy atom. The molecule has 1 atom stereocenters. The number of amides is 1. The minimum absolute atomic E-state index is 0.251. The molecular weight excluding hydrogens is 298 g/mol. The molecule has 5 heteroatoms. The average molecular weight is 314 g/mol. The fourth-order valence-corrected chi connectivity index (χ4v) is 2.57. The Bertz CT molecular complexity index is 444. The number of hydrogen-bond acceptors (Lipinski definition) is 2. The van der Waals surface area contributed by atoms with Gasteiger partial charge in [0.25, 0.3) is 0 Å². The quantitative estimate of drug-likeness (QED) is 0.865. The molecule has 0 aromatic heterocycles. The summed E-state index contributed by atoms with van der Waals surface area (Å²) in [6, 6.07) is 7.43. The predicted molar refractivity (Wildman–Crippen MR) is 71.6 cm³/mol. The summed E-state index contributed by atoms with van der Waals surface area (Å²) in [6.07, 6.45) is -0.906. The van der Waals surface area contributed by atoms with Gasteiger partial charge >= 0.3 is 6.09 Å². The summed E-state index contributed by atoms with van der Waals surface area (Å²) in [7, 11) is 0. The van der Waals surface area contributed by atoms with Crippen molar-refractivity contribution in [3.05, 3.63) is 34.3 Å². The van der Waals surface area contributed by atoms with Gasteiger partial charge < -0.3 is 9.84 Å². The van der Waals surface area contributed by atoms with Gasteiger partial charge in [0.1, 0.15) is 0 Å². The molecule has 1 N–H and O–H groups in total. The van der Waals surface area contributed by atoms with E-state index in [0.717, 1.165) is 10.0 Å². The second kappa shape index (κ2) is 4.90.